The molecular formula is C15H18N2S. The van der Waals surface area contributed by atoms with E-state index in [-0.39, 0.29) is 0 Å². The van der Waals surface area contributed by atoms with Crippen molar-refractivity contribution in [2.45, 2.75) is 18.4 Å². The lowest BCUT2D eigenvalue weighted by Crippen LogP contribution is -2.00. The van der Waals surface area contributed by atoms with Crippen LogP contribution in [0.25, 0.3) is 0 Å². The van der Waals surface area contributed by atoms with Gasteiger partial charge >= 0.3 is 0 Å². The first-order valence-electron chi connectivity index (χ1n) is 6.20. The molecule has 3 heteroatoms. The summed E-state index contributed by atoms with van der Waals surface area (Å²) >= 11 is 1.90. The highest BCUT2D eigenvalue weighted by Crippen LogP contribution is 2.17. The van der Waals surface area contributed by atoms with Gasteiger partial charge in [0.25, 0.3) is 0 Å². The number of benzene rings is 1. The first kappa shape index (κ1) is 13.0. The van der Waals surface area contributed by atoms with E-state index >= 15 is 0 Å². The maximum atomic E-state index is 4.56. The summed E-state index contributed by atoms with van der Waals surface area (Å²) in [5.41, 5.74) is 2.50. The second-order valence-corrected chi connectivity index (χ2v) is 5.01. The van der Waals surface area contributed by atoms with Crippen LogP contribution < -0.4 is 5.32 Å². The third-order valence-electron chi connectivity index (χ3n) is 2.53. The van der Waals surface area contributed by atoms with Crippen LogP contribution in [0.15, 0.2) is 48.5 Å². The van der Waals surface area contributed by atoms with Crippen LogP contribution in [-0.2, 0) is 11.5 Å². The molecule has 0 saturated heterocycles. The maximum absolute atomic E-state index is 4.56. The second-order valence-electron chi connectivity index (χ2n) is 4.02. The van der Waals surface area contributed by atoms with Crippen molar-refractivity contribution in [3.63, 3.8) is 0 Å². The molecule has 2 rings (SSSR count). The number of nitrogens with zero attached hydrogens (tertiary/aromatic N) is 1. The fourth-order valence-electron chi connectivity index (χ4n) is 1.69. The van der Waals surface area contributed by atoms with Gasteiger partial charge in [0, 0.05) is 18.1 Å². The summed E-state index contributed by atoms with van der Waals surface area (Å²) in [6.07, 6.45) is 0. The Morgan fingerprint density at radius 3 is 2.61 bits per heavy atom. The van der Waals surface area contributed by atoms with Crippen LogP contribution in [0, 0.1) is 0 Å². The Morgan fingerprint density at radius 1 is 1.00 bits per heavy atom. The normalized spacial score (nSPS) is 10.3. The van der Waals surface area contributed by atoms with Gasteiger partial charge in [0.2, 0.25) is 0 Å². The van der Waals surface area contributed by atoms with Gasteiger partial charge in [-0.15, -0.1) is 0 Å². The number of pyridine rings is 1. The summed E-state index contributed by atoms with van der Waals surface area (Å²) in [5, 5.41) is 3.24. The molecule has 0 aliphatic carbocycles. The van der Waals surface area contributed by atoms with E-state index in [0.717, 1.165) is 29.6 Å². The summed E-state index contributed by atoms with van der Waals surface area (Å²) in [6.45, 7) is 2.99. The first-order chi connectivity index (χ1) is 8.88. The molecule has 1 aromatic carbocycles. The van der Waals surface area contributed by atoms with Crippen molar-refractivity contribution in [3.05, 3.63) is 59.8 Å². The predicted octanol–water partition coefficient (Wildman–Crippen LogP) is 3.95. The Morgan fingerprint density at radius 2 is 1.83 bits per heavy atom. The van der Waals surface area contributed by atoms with Gasteiger partial charge < -0.3 is 5.32 Å². The number of thioether (sulfide) groups is 1. The third kappa shape index (κ3) is 4.08. The van der Waals surface area contributed by atoms with Crippen molar-refractivity contribution < 1.29 is 0 Å². The lowest BCUT2D eigenvalue weighted by Gasteiger charge is -2.05. The van der Waals surface area contributed by atoms with Gasteiger partial charge in [-0.2, -0.15) is 11.8 Å². The molecule has 94 valence electrons. The largest absolute Gasteiger partial charge is 0.370 e. The fraction of sp³-hybridized carbons (Fsp3) is 0.267. The Labute approximate surface area is 113 Å². The standard InChI is InChI=1S/C15H18N2S/c1-2-16-15-10-6-9-14(17-15)12-18-11-13-7-4-3-5-8-13/h3-10H,2,11-12H2,1H3,(H,16,17). The van der Waals surface area contributed by atoms with E-state index in [1.807, 2.05) is 17.8 Å². The van der Waals surface area contributed by atoms with Crippen LogP contribution in [0.5, 0.6) is 0 Å². The van der Waals surface area contributed by atoms with Gasteiger partial charge in [0.1, 0.15) is 5.82 Å². The molecule has 0 spiro atoms. The molecule has 0 radical (unpaired) electrons. The molecule has 0 atom stereocenters. The predicted molar refractivity (Wildman–Crippen MR) is 79.8 cm³/mol. The second kappa shape index (κ2) is 7.07. The van der Waals surface area contributed by atoms with Crippen LogP contribution in [-0.4, -0.2) is 11.5 Å². The minimum Gasteiger partial charge on any atom is -0.370 e. The Kier molecular flexibility index (Phi) is 5.09. The molecule has 0 amide bonds. The lowest BCUT2D eigenvalue weighted by atomic mass is 10.2. The van der Waals surface area contributed by atoms with Crippen molar-refractivity contribution in [1.82, 2.24) is 4.98 Å². The van der Waals surface area contributed by atoms with Crippen LogP contribution in [0.3, 0.4) is 0 Å². The number of nitrogens with one attached hydrogen (secondary N) is 1. The summed E-state index contributed by atoms with van der Waals surface area (Å²) in [5.74, 6) is 2.96. The van der Waals surface area contributed by atoms with Gasteiger partial charge in [-0.3, -0.25) is 0 Å². The molecule has 2 aromatic rings. The lowest BCUT2D eigenvalue weighted by molar-refractivity contribution is 1.11. The smallest absolute Gasteiger partial charge is 0.126 e. The number of hydrogen-bond donors (Lipinski definition) is 1. The van der Waals surface area contributed by atoms with Crippen LogP contribution in [0.2, 0.25) is 0 Å². The summed E-state index contributed by atoms with van der Waals surface area (Å²) in [7, 11) is 0. The SMILES string of the molecule is CCNc1cccc(CSCc2ccccc2)n1. The van der Waals surface area contributed by atoms with Gasteiger partial charge in [-0.25, -0.2) is 4.98 Å². The summed E-state index contributed by atoms with van der Waals surface area (Å²) in [4.78, 5) is 4.56. The zero-order valence-electron chi connectivity index (χ0n) is 10.6. The van der Waals surface area contributed by atoms with E-state index in [0.29, 0.717) is 0 Å². The minimum atomic E-state index is 0.910. The van der Waals surface area contributed by atoms with Crippen molar-refractivity contribution in [2.24, 2.45) is 0 Å². The Bertz CT molecular complexity index is 471. The van der Waals surface area contributed by atoms with Crippen LogP contribution in [0.4, 0.5) is 5.82 Å². The van der Waals surface area contributed by atoms with Gasteiger partial charge in [-0.05, 0) is 24.6 Å². The Hall–Kier alpha value is -1.48. The third-order valence-corrected chi connectivity index (χ3v) is 3.56. The molecule has 0 bridgehead atoms. The zero-order chi connectivity index (χ0) is 12.6. The van der Waals surface area contributed by atoms with Crippen molar-refractivity contribution in [2.75, 3.05) is 11.9 Å². The number of aromatic nitrogens is 1. The molecule has 1 heterocycles. The molecule has 18 heavy (non-hydrogen) atoms. The number of anilines is 1. The molecular weight excluding hydrogens is 240 g/mol. The number of rotatable bonds is 6. The first-order valence-corrected chi connectivity index (χ1v) is 7.35. The van der Waals surface area contributed by atoms with Gasteiger partial charge in [0.15, 0.2) is 0 Å². The summed E-state index contributed by atoms with van der Waals surface area (Å²) in [6, 6.07) is 16.7. The van der Waals surface area contributed by atoms with E-state index in [4.69, 9.17) is 0 Å². The van der Waals surface area contributed by atoms with E-state index < -0.39 is 0 Å². The molecule has 2 nitrogen and oxygen atoms in total. The van der Waals surface area contributed by atoms with Crippen molar-refractivity contribution in [3.8, 4) is 0 Å². The average molecular weight is 258 g/mol. The minimum absolute atomic E-state index is 0.910. The topological polar surface area (TPSA) is 24.9 Å². The van der Waals surface area contributed by atoms with Crippen LogP contribution in [0.1, 0.15) is 18.2 Å². The molecule has 0 fully saturated rings. The molecule has 0 aliphatic heterocycles. The highest BCUT2D eigenvalue weighted by Gasteiger charge is 1.98. The molecule has 0 unspecified atom stereocenters. The van der Waals surface area contributed by atoms with E-state index in [2.05, 4.69) is 59.7 Å². The van der Waals surface area contributed by atoms with E-state index in [1.54, 1.807) is 0 Å². The zero-order valence-corrected chi connectivity index (χ0v) is 11.4. The van der Waals surface area contributed by atoms with Gasteiger partial charge in [0.05, 0.1) is 5.69 Å². The average Bonchev–Trinajstić information content (AvgIpc) is 2.41. The molecule has 0 aliphatic rings. The van der Waals surface area contributed by atoms with Crippen LogP contribution >= 0.6 is 11.8 Å². The Balaban J connectivity index is 1.84. The molecule has 0 saturated carbocycles. The fourth-order valence-corrected chi connectivity index (χ4v) is 2.59. The van der Waals surface area contributed by atoms with Gasteiger partial charge in [-0.1, -0.05) is 36.4 Å². The van der Waals surface area contributed by atoms with E-state index in [1.165, 1.54) is 5.56 Å². The quantitative estimate of drug-likeness (QED) is 0.849. The summed E-state index contributed by atoms with van der Waals surface area (Å²) < 4.78 is 0. The van der Waals surface area contributed by atoms with Crippen molar-refractivity contribution >= 4 is 17.6 Å². The highest BCUT2D eigenvalue weighted by molar-refractivity contribution is 7.97. The van der Waals surface area contributed by atoms with E-state index in [9.17, 15) is 0 Å². The monoisotopic (exact) mass is 258 g/mol. The highest BCUT2D eigenvalue weighted by atomic mass is 32.2. The molecule has 1 aromatic heterocycles. The number of hydrogen-bond acceptors (Lipinski definition) is 3. The van der Waals surface area contributed by atoms with Crippen molar-refractivity contribution in [1.29, 1.82) is 0 Å². The maximum Gasteiger partial charge on any atom is 0.126 e. The molecule has 1 N–H and O–H groups in total.